The van der Waals surface area contributed by atoms with Crippen molar-refractivity contribution in [2.24, 2.45) is 0 Å². The molecule has 0 bridgehead atoms. The Bertz CT molecular complexity index is 617. The number of pyridine rings is 1. The summed E-state index contributed by atoms with van der Waals surface area (Å²) >= 11 is 11.8. The molecule has 0 spiro atoms. The summed E-state index contributed by atoms with van der Waals surface area (Å²) < 4.78 is 1.56. The number of aromatic hydroxyl groups is 1. The van der Waals surface area contributed by atoms with E-state index < -0.39 is 0 Å². The van der Waals surface area contributed by atoms with Crippen LogP contribution in [-0.4, -0.2) is 11.0 Å². The molecule has 0 saturated carbocycles. The van der Waals surface area contributed by atoms with Gasteiger partial charge in [0.05, 0.1) is 15.7 Å². The Morgan fingerprint density at radius 2 is 2.05 bits per heavy atom. The summed E-state index contributed by atoms with van der Waals surface area (Å²) in [5.41, 5.74) is 0.458. The lowest BCUT2D eigenvalue weighted by Gasteiger charge is -2.06. The van der Waals surface area contributed by atoms with Gasteiger partial charge in [-0.05, 0) is 18.2 Å². The highest BCUT2D eigenvalue weighted by Crippen LogP contribution is 2.29. The molecule has 1 heterocycles. The lowest BCUT2D eigenvalue weighted by molar-refractivity contribution is -0.684. The van der Waals surface area contributed by atoms with Crippen LogP contribution in [0, 0.1) is 0 Å². The summed E-state index contributed by atoms with van der Waals surface area (Å²) in [6.07, 6.45) is 3.14. The van der Waals surface area contributed by atoms with Gasteiger partial charge in [0.15, 0.2) is 11.9 Å². The van der Waals surface area contributed by atoms with Crippen LogP contribution in [0.4, 0.5) is 5.69 Å². The Morgan fingerprint density at radius 1 is 1.26 bits per heavy atom. The molecule has 0 unspecified atom stereocenters. The summed E-state index contributed by atoms with van der Waals surface area (Å²) in [6.45, 7) is 0.0667. The number of nitrogens with zero attached hydrogens (tertiary/aromatic N) is 1. The third-order valence-corrected chi connectivity index (χ3v) is 3.21. The second-order valence-corrected chi connectivity index (χ2v) is 4.67. The van der Waals surface area contributed by atoms with Crippen LogP contribution < -0.4 is 9.88 Å². The van der Waals surface area contributed by atoms with Gasteiger partial charge in [-0.1, -0.05) is 29.3 Å². The maximum Gasteiger partial charge on any atom is 0.290 e. The van der Waals surface area contributed by atoms with Crippen molar-refractivity contribution in [3.63, 3.8) is 0 Å². The van der Waals surface area contributed by atoms with Gasteiger partial charge in [0.2, 0.25) is 12.7 Å². The molecule has 19 heavy (non-hydrogen) atoms. The van der Waals surface area contributed by atoms with Crippen molar-refractivity contribution in [2.45, 2.75) is 6.54 Å². The summed E-state index contributed by atoms with van der Waals surface area (Å²) in [4.78, 5) is 11.8. The van der Waals surface area contributed by atoms with Crippen molar-refractivity contribution in [3.8, 4) is 5.75 Å². The number of halogens is 2. The van der Waals surface area contributed by atoms with Crippen LogP contribution >= 0.6 is 23.2 Å². The van der Waals surface area contributed by atoms with E-state index in [0.29, 0.717) is 15.7 Å². The first-order valence-corrected chi connectivity index (χ1v) is 6.24. The average molecular weight is 298 g/mol. The van der Waals surface area contributed by atoms with E-state index in [2.05, 4.69) is 5.32 Å². The summed E-state index contributed by atoms with van der Waals surface area (Å²) in [5, 5.41) is 12.6. The number of carbonyl (C=O) groups is 1. The first kappa shape index (κ1) is 13.6. The zero-order valence-electron chi connectivity index (χ0n) is 9.81. The maximum atomic E-state index is 11.8. The predicted molar refractivity (Wildman–Crippen MR) is 73.4 cm³/mol. The Hall–Kier alpha value is -1.78. The Morgan fingerprint density at radius 3 is 2.79 bits per heavy atom. The lowest BCUT2D eigenvalue weighted by atomic mass is 10.3. The molecule has 6 heteroatoms. The van der Waals surface area contributed by atoms with Gasteiger partial charge in [0.25, 0.3) is 5.91 Å². The largest absolute Gasteiger partial charge is 0.503 e. The quantitative estimate of drug-likeness (QED) is 0.856. The number of nitrogens with one attached hydrogen (secondary N) is 1. The van der Waals surface area contributed by atoms with Crippen molar-refractivity contribution < 1.29 is 14.5 Å². The lowest BCUT2D eigenvalue weighted by Crippen LogP contribution is -2.39. The van der Waals surface area contributed by atoms with Crippen LogP contribution in [0.25, 0.3) is 0 Å². The Kier molecular flexibility index (Phi) is 4.24. The van der Waals surface area contributed by atoms with Crippen molar-refractivity contribution in [2.75, 3.05) is 5.32 Å². The maximum absolute atomic E-state index is 11.8. The number of hydrogen-bond acceptors (Lipinski definition) is 2. The van der Waals surface area contributed by atoms with E-state index in [0.717, 1.165) is 0 Å². The van der Waals surface area contributed by atoms with Crippen molar-refractivity contribution >= 4 is 34.8 Å². The molecule has 0 fully saturated rings. The second-order valence-electron chi connectivity index (χ2n) is 3.88. The van der Waals surface area contributed by atoms with Gasteiger partial charge in [-0.3, -0.25) is 4.79 Å². The number of aromatic nitrogens is 1. The van der Waals surface area contributed by atoms with Crippen LogP contribution in [0.3, 0.4) is 0 Å². The van der Waals surface area contributed by atoms with E-state index >= 15 is 0 Å². The fourth-order valence-electron chi connectivity index (χ4n) is 1.56. The van der Waals surface area contributed by atoms with Crippen LogP contribution in [0.5, 0.6) is 5.75 Å². The number of amides is 1. The minimum absolute atomic E-state index is 0.0667. The minimum Gasteiger partial charge on any atom is -0.503 e. The zero-order chi connectivity index (χ0) is 13.8. The summed E-state index contributed by atoms with van der Waals surface area (Å²) in [7, 11) is 0. The average Bonchev–Trinajstić information content (AvgIpc) is 2.35. The van der Waals surface area contributed by atoms with Gasteiger partial charge in [-0.15, -0.1) is 0 Å². The molecule has 0 aliphatic carbocycles. The number of rotatable bonds is 3. The number of hydrogen-bond donors (Lipinski definition) is 2. The Labute approximate surface area is 120 Å². The molecule has 1 aromatic carbocycles. The number of carbonyl (C=O) groups excluding carboxylic acids is 1. The minimum atomic E-state index is -0.264. The van der Waals surface area contributed by atoms with Crippen LogP contribution in [-0.2, 0) is 11.3 Å². The van der Waals surface area contributed by atoms with Crippen LogP contribution in [0.1, 0.15) is 0 Å². The highest BCUT2D eigenvalue weighted by Gasteiger charge is 2.12. The zero-order valence-corrected chi connectivity index (χ0v) is 11.3. The molecule has 0 aliphatic rings. The molecule has 98 valence electrons. The molecular formula is C13H11Cl2N2O2+. The van der Waals surface area contributed by atoms with Gasteiger partial charge in [0, 0.05) is 6.07 Å². The molecule has 0 atom stereocenters. The molecule has 2 aromatic rings. The van der Waals surface area contributed by atoms with E-state index in [1.165, 1.54) is 12.3 Å². The van der Waals surface area contributed by atoms with Crippen LogP contribution in [0.2, 0.25) is 10.0 Å². The normalized spacial score (nSPS) is 10.2. The highest BCUT2D eigenvalue weighted by molar-refractivity contribution is 6.43. The molecule has 1 amide bonds. The number of anilines is 1. The van der Waals surface area contributed by atoms with E-state index in [4.69, 9.17) is 23.2 Å². The fraction of sp³-hybridized carbons (Fsp3) is 0.0769. The van der Waals surface area contributed by atoms with Gasteiger partial charge in [-0.25, -0.2) is 0 Å². The fourth-order valence-corrected chi connectivity index (χ4v) is 1.91. The first-order valence-electron chi connectivity index (χ1n) is 5.48. The number of benzene rings is 1. The first-order chi connectivity index (χ1) is 9.06. The molecular weight excluding hydrogens is 287 g/mol. The highest BCUT2D eigenvalue weighted by atomic mass is 35.5. The molecule has 0 saturated heterocycles. The van der Waals surface area contributed by atoms with E-state index in [-0.39, 0.29) is 18.2 Å². The monoisotopic (exact) mass is 297 g/mol. The second kappa shape index (κ2) is 5.91. The SMILES string of the molecule is O=C(C[n+]1cccc(O)c1)Nc1cccc(Cl)c1Cl. The Balaban J connectivity index is 2.08. The predicted octanol–water partition coefficient (Wildman–Crippen LogP) is 2.63. The van der Waals surface area contributed by atoms with Crippen LogP contribution in [0.15, 0.2) is 42.7 Å². The topological polar surface area (TPSA) is 53.2 Å². The van der Waals surface area contributed by atoms with Gasteiger partial charge < -0.3 is 10.4 Å². The van der Waals surface area contributed by atoms with Gasteiger partial charge in [0.1, 0.15) is 0 Å². The standard InChI is InChI=1S/C13H10Cl2N2O2/c14-10-4-1-5-11(13(10)15)16-12(19)8-17-6-2-3-9(18)7-17/h1-7H,8H2,(H-,16,18,19)/p+1. The van der Waals surface area contributed by atoms with E-state index in [9.17, 15) is 9.90 Å². The summed E-state index contributed by atoms with van der Waals surface area (Å²) in [5.74, 6) is -0.171. The van der Waals surface area contributed by atoms with E-state index in [1.54, 1.807) is 35.0 Å². The smallest absolute Gasteiger partial charge is 0.290 e. The molecule has 1 aromatic heterocycles. The molecule has 2 rings (SSSR count). The van der Waals surface area contributed by atoms with Crippen molar-refractivity contribution in [1.82, 2.24) is 0 Å². The molecule has 0 radical (unpaired) electrons. The van der Waals surface area contributed by atoms with Crippen molar-refractivity contribution in [3.05, 3.63) is 52.8 Å². The molecule has 2 N–H and O–H groups in total. The third-order valence-electron chi connectivity index (χ3n) is 2.39. The van der Waals surface area contributed by atoms with Gasteiger partial charge >= 0.3 is 0 Å². The summed E-state index contributed by atoms with van der Waals surface area (Å²) in [6, 6.07) is 8.19. The molecule has 4 nitrogen and oxygen atoms in total. The van der Waals surface area contributed by atoms with Crippen molar-refractivity contribution in [1.29, 1.82) is 0 Å². The third kappa shape index (κ3) is 3.59. The molecule has 0 aliphatic heterocycles. The van der Waals surface area contributed by atoms with E-state index in [1.807, 2.05) is 0 Å². The van der Waals surface area contributed by atoms with Gasteiger partial charge in [-0.2, -0.15) is 4.57 Å².